The summed E-state index contributed by atoms with van der Waals surface area (Å²) in [5.74, 6) is 0. The van der Waals surface area contributed by atoms with Crippen LogP contribution >= 0.6 is 0 Å². The van der Waals surface area contributed by atoms with Gasteiger partial charge in [0.15, 0.2) is 0 Å². The van der Waals surface area contributed by atoms with Gasteiger partial charge < -0.3 is 9.80 Å². The molecule has 10 aromatic carbocycles. The SMILES string of the molecule is [2H]C([2H])=C([2H])c1ccc(-c2ccc(N(c3ccc(-c4ccccc4)cc3)c3ccc(-c4ccc(N(c5ccc(-c6ccccc6)cc5)c5ccc(-c6ccc(C([2H])=C([2H])[2H])cc6)cc5)cc4)cc3)cc2)cc1. The first-order valence-electron chi connectivity index (χ1n) is 25.0. The predicted molar refractivity (Wildman–Crippen MR) is 283 cm³/mol. The molecule has 0 N–H and O–H groups in total. The van der Waals surface area contributed by atoms with Gasteiger partial charge in [-0.2, -0.15) is 0 Å². The van der Waals surface area contributed by atoms with Crippen LogP contribution in [0.2, 0.25) is 0 Å². The van der Waals surface area contributed by atoms with Gasteiger partial charge in [-0.1, -0.05) is 207 Å². The molecule has 2 heteroatoms. The van der Waals surface area contributed by atoms with Crippen LogP contribution in [0.3, 0.4) is 0 Å². The van der Waals surface area contributed by atoms with Crippen molar-refractivity contribution in [2.45, 2.75) is 0 Å². The van der Waals surface area contributed by atoms with E-state index in [0.29, 0.717) is 11.1 Å². The molecule has 0 aliphatic rings. The summed E-state index contributed by atoms with van der Waals surface area (Å²) in [6.45, 7) is -1.01. The van der Waals surface area contributed by atoms with Gasteiger partial charge in [0.05, 0.1) is 8.22 Å². The Morgan fingerprint density at radius 2 is 0.424 bits per heavy atom. The molecule has 0 heterocycles. The predicted octanol–water partition coefficient (Wildman–Crippen LogP) is 18.2. The van der Waals surface area contributed by atoms with Gasteiger partial charge in [0.1, 0.15) is 0 Å². The van der Waals surface area contributed by atoms with E-state index in [1.54, 1.807) is 24.3 Å². The third-order valence-electron chi connectivity index (χ3n) is 12.0. The monoisotopic (exact) mass is 850 g/mol. The molecule has 0 unspecified atom stereocenters. The Kier molecular flexibility index (Phi) is 9.97. The highest BCUT2D eigenvalue weighted by Gasteiger charge is 2.16. The molecule has 0 saturated carbocycles. The van der Waals surface area contributed by atoms with Crippen LogP contribution in [0, 0.1) is 0 Å². The summed E-state index contributed by atoms with van der Waals surface area (Å²) < 4.78 is 46.3. The quantitative estimate of drug-likeness (QED) is 0.114. The van der Waals surface area contributed by atoms with Crippen LogP contribution in [0.15, 0.2) is 268 Å². The second-order valence-corrected chi connectivity index (χ2v) is 16.1. The summed E-state index contributed by atoms with van der Waals surface area (Å²) in [5.41, 5.74) is 17.9. The van der Waals surface area contributed by atoms with Gasteiger partial charge in [-0.15, -0.1) is 0 Å². The summed E-state index contributed by atoms with van der Waals surface area (Å²) >= 11 is 0. The molecule has 0 atom stereocenters. The zero-order valence-electron chi connectivity index (χ0n) is 42.1. The number of benzene rings is 10. The first-order chi connectivity index (χ1) is 35.2. The molecule has 66 heavy (non-hydrogen) atoms. The van der Waals surface area contributed by atoms with E-state index in [1.165, 1.54) is 0 Å². The van der Waals surface area contributed by atoms with Crippen LogP contribution in [0.25, 0.3) is 67.7 Å². The minimum atomic E-state index is -0.505. The lowest BCUT2D eigenvalue weighted by atomic mass is 10.0. The molecule has 314 valence electrons. The minimum Gasteiger partial charge on any atom is -0.311 e. The lowest BCUT2D eigenvalue weighted by Gasteiger charge is -2.27. The molecule has 10 rings (SSSR count). The Hall–Kier alpha value is -8.72. The molecule has 2 nitrogen and oxygen atoms in total. The Morgan fingerprint density at radius 3 is 0.621 bits per heavy atom. The lowest BCUT2D eigenvalue weighted by molar-refractivity contribution is 1.28. The van der Waals surface area contributed by atoms with E-state index < -0.39 is 13.1 Å². The van der Waals surface area contributed by atoms with Crippen molar-refractivity contribution in [3.05, 3.63) is 279 Å². The molecule has 0 amide bonds. The average molecular weight is 851 g/mol. The van der Waals surface area contributed by atoms with Gasteiger partial charge in [0, 0.05) is 34.1 Å². The smallest absolute Gasteiger partial charge is 0.0623 e. The van der Waals surface area contributed by atoms with Gasteiger partial charge >= 0.3 is 0 Å². The Balaban J connectivity index is 0.948. The molecule has 0 aromatic heterocycles. The first-order valence-corrected chi connectivity index (χ1v) is 22.0. The highest BCUT2D eigenvalue weighted by Crippen LogP contribution is 2.40. The maximum atomic E-state index is 8.05. The van der Waals surface area contributed by atoms with Gasteiger partial charge in [0.2, 0.25) is 0 Å². The van der Waals surface area contributed by atoms with E-state index in [0.717, 1.165) is 89.8 Å². The lowest BCUT2D eigenvalue weighted by Crippen LogP contribution is -2.10. The highest BCUT2D eigenvalue weighted by atomic mass is 15.1. The number of nitrogens with zero attached hydrogens (tertiary/aromatic N) is 2. The van der Waals surface area contributed by atoms with E-state index in [2.05, 4.69) is 204 Å². The van der Waals surface area contributed by atoms with E-state index >= 15 is 0 Å². The van der Waals surface area contributed by atoms with Gasteiger partial charge in [0.25, 0.3) is 0 Å². The van der Waals surface area contributed by atoms with Crippen LogP contribution in [0.5, 0.6) is 0 Å². The van der Waals surface area contributed by atoms with Crippen LogP contribution in [-0.2, 0) is 0 Å². The normalized spacial score (nSPS) is 12.0. The first kappa shape index (κ1) is 34.7. The molecule has 0 aliphatic carbocycles. The molecule has 0 aliphatic heterocycles. The average Bonchev–Trinajstić information content (AvgIpc) is 3.44. The molecule has 0 fully saturated rings. The summed E-state index contributed by atoms with van der Waals surface area (Å²) in [5, 5.41) is 0. The maximum absolute atomic E-state index is 8.05. The van der Waals surface area contributed by atoms with Crippen LogP contribution in [0.1, 0.15) is 19.4 Å². The number of rotatable bonds is 13. The minimum absolute atomic E-state index is 0.101. The van der Waals surface area contributed by atoms with E-state index in [-0.39, 0.29) is 12.1 Å². The Morgan fingerprint density at radius 1 is 0.242 bits per heavy atom. The van der Waals surface area contributed by atoms with Crippen molar-refractivity contribution in [1.82, 2.24) is 0 Å². The van der Waals surface area contributed by atoms with Crippen LogP contribution in [0.4, 0.5) is 34.1 Å². The zero-order valence-corrected chi connectivity index (χ0v) is 36.1. The van der Waals surface area contributed by atoms with Crippen molar-refractivity contribution in [3.8, 4) is 55.6 Å². The van der Waals surface area contributed by atoms with Crippen molar-refractivity contribution >= 4 is 46.2 Å². The molecular weight excluding hydrogens is 797 g/mol. The fraction of sp³-hybridized carbons (Fsp3) is 0. The number of anilines is 6. The number of hydrogen-bond donors (Lipinski definition) is 0. The zero-order chi connectivity index (χ0) is 49.6. The molecule has 10 aromatic rings. The Labute approximate surface area is 397 Å². The molecule has 0 radical (unpaired) electrons. The van der Waals surface area contributed by atoms with E-state index in [4.69, 9.17) is 8.22 Å². The van der Waals surface area contributed by atoms with Crippen molar-refractivity contribution in [2.24, 2.45) is 0 Å². The summed E-state index contributed by atoms with van der Waals surface area (Å²) in [6, 6.07) is 87.0. The van der Waals surface area contributed by atoms with Crippen molar-refractivity contribution in [1.29, 1.82) is 0 Å². The standard InChI is InChI=1S/C64H48N2/c1-3-47-15-19-51(20-16-47)55-27-39-61(40-28-55)65(59-35-23-53(24-36-59)49-11-7-5-8-12-49)63-43-31-57(32-44-63)58-33-45-64(46-34-58)66(60-37-25-54(26-38-60)50-13-9-6-10-14-50)62-41-29-56(30-42-62)52-21-17-48(4-2)18-22-52/h3-46H,1-2H2/i1D2,2D2,3D,4D. The van der Waals surface area contributed by atoms with Crippen molar-refractivity contribution < 1.29 is 8.22 Å². The molecule has 0 saturated heterocycles. The fourth-order valence-electron chi connectivity index (χ4n) is 8.47. The largest absolute Gasteiger partial charge is 0.311 e. The highest BCUT2D eigenvalue weighted by molar-refractivity contribution is 5.84. The van der Waals surface area contributed by atoms with Crippen molar-refractivity contribution in [2.75, 3.05) is 9.80 Å². The molecule has 0 spiro atoms. The van der Waals surface area contributed by atoms with E-state index in [9.17, 15) is 0 Å². The molecule has 0 bridgehead atoms. The maximum Gasteiger partial charge on any atom is 0.0623 e. The van der Waals surface area contributed by atoms with E-state index in [1.807, 2.05) is 36.4 Å². The van der Waals surface area contributed by atoms with Gasteiger partial charge in [-0.05, 0) is 140 Å². The number of hydrogen-bond acceptors (Lipinski definition) is 2. The second kappa shape index (κ2) is 18.9. The third kappa shape index (κ3) is 8.90. The van der Waals surface area contributed by atoms with Crippen molar-refractivity contribution in [3.63, 3.8) is 0 Å². The van der Waals surface area contributed by atoms with Crippen LogP contribution in [-0.4, -0.2) is 0 Å². The Bertz CT molecular complexity index is 3240. The second-order valence-electron chi connectivity index (χ2n) is 16.1. The summed E-state index contributed by atoms with van der Waals surface area (Å²) in [7, 11) is 0. The van der Waals surface area contributed by atoms with Gasteiger partial charge in [-0.25, -0.2) is 0 Å². The topological polar surface area (TPSA) is 6.48 Å². The van der Waals surface area contributed by atoms with Gasteiger partial charge in [-0.3, -0.25) is 0 Å². The summed E-state index contributed by atoms with van der Waals surface area (Å²) in [4.78, 5) is 4.52. The molecular formula is C64H48N2. The summed E-state index contributed by atoms with van der Waals surface area (Å²) in [6.07, 6.45) is 0. The third-order valence-corrected chi connectivity index (χ3v) is 12.0. The van der Waals surface area contributed by atoms with Crippen LogP contribution < -0.4 is 9.80 Å². The fourth-order valence-corrected chi connectivity index (χ4v) is 8.47.